The van der Waals surface area contributed by atoms with Crippen molar-refractivity contribution in [2.45, 2.75) is 38.1 Å². The first-order valence-corrected chi connectivity index (χ1v) is 17.7. The quantitative estimate of drug-likeness (QED) is 0.396. The van der Waals surface area contributed by atoms with Crippen molar-refractivity contribution in [3.63, 3.8) is 0 Å². The number of para-hydroxylation sites is 2. The Balaban J connectivity index is 0.989. The number of hydrogen-bond acceptors (Lipinski definition) is 9. The smallest absolute Gasteiger partial charge is 0.369 e. The highest BCUT2D eigenvalue weighted by Crippen LogP contribution is 2.60. The van der Waals surface area contributed by atoms with E-state index in [2.05, 4.69) is 39.4 Å². The molecule has 0 radical (unpaired) electrons. The van der Waals surface area contributed by atoms with Crippen molar-refractivity contribution in [1.82, 2.24) is 9.62 Å². The molecule has 5 atom stereocenters. The van der Waals surface area contributed by atoms with Crippen LogP contribution in [0.15, 0.2) is 48.5 Å². The van der Waals surface area contributed by atoms with Gasteiger partial charge in [-0.25, -0.2) is 18.3 Å². The zero-order valence-electron chi connectivity index (χ0n) is 25.5. The van der Waals surface area contributed by atoms with Gasteiger partial charge >= 0.3 is 6.09 Å². The highest BCUT2D eigenvalue weighted by molar-refractivity contribution is 7.89. The first kappa shape index (κ1) is 30.1. The average molecular weight is 638 g/mol. The van der Waals surface area contributed by atoms with Crippen LogP contribution in [0.2, 0.25) is 0 Å². The van der Waals surface area contributed by atoms with E-state index in [1.807, 2.05) is 24.3 Å². The molecule has 4 bridgehead atoms. The van der Waals surface area contributed by atoms with Crippen molar-refractivity contribution >= 4 is 44.8 Å². The number of amides is 2. The molecule has 1 saturated heterocycles. The molecule has 2 heterocycles. The minimum Gasteiger partial charge on any atom is -0.369 e. The van der Waals surface area contributed by atoms with Crippen LogP contribution >= 0.6 is 0 Å². The van der Waals surface area contributed by atoms with Crippen molar-refractivity contribution in [1.29, 1.82) is 0 Å². The van der Waals surface area contributed by atoms with Gasteiger partial charge in [-0.05, 0) is 86.3 Å². The largest absolute Gasteiger partial charge is 0.431 e. The number of anilines is 4. The summed E-state index contributed by atoms with van der Waals surface area (Å²) in [4.78, 5) is 35.9. The van der Waals surface area contributed by atoms with E-state index in [-0.39, 0.29) is 36.1 Å². The minimum absolute atomic E-state index is 0.00916. The molecule has 0 aromatic heterocycles. The van der Waals surface area contributed by atoms with Crippen molar-refractivity contribution in [3.8, 4) is 0 Å². The number of hydrogen-bond donors (Lipinski definition) is 3. The molecule has 45 heavy (non-hydrogen) atoms. The molecule has 4 saturated carbocycles. The lowest BCUT2D eigenvalue weighted by atomic mass is 9.47. The molecule has 13 heteroatoms. The molecule has 242 valence electrons. The van der Waals surface area contributed by atoms with Gasteiger partial charge in [-0.2, -0.15) is 4.31 Å². The Morgan fingerprint density at radius 3 is 2.16 bits per heavy atom. The number of carbonyl (C=O) groups excluding carboxylic acids is 2. The second-order valence-corrected chi connectivity index (χ2v) is 15.5. The molecule has 2 aromatic carbocycles. The molecular formula is C32H43N7O5S. The molecule has 5 N–H and O–H groups in total. The molecule has 3 unspecified atom stereocenters. The molecule has 4 aliphatic carbocycles. The molecule has 6 aliphatic rings. The Morgan fingerprint density at radius 2 is 1.51 bits per heavy atom. The maximum atomic E-state index is 13.2. The summed E-state index contributed by atoms with van der Waals surface area (Å²) < 4.78 is 26.3. The Kier molecular flexibility index (Phi) is 7.81. The number of nitrogens with two attached hydrogens (primary N) is 2. The maximum absolute atomic E-state index is 13.2. The summed E-state index contributed by atoms with van der Waals surface area (Å²) >= 11 is 0. The topological polar surface area (TPSA) is 155 Å². The van der Waals surface area contributed by atoms with Crippen LogP contribution in [0.1, 0.15) is 32.1 Å². The third-order valence-corrected chi connectivity index (χ3v) is 12.7. The monoisotopic (exact) mass is 637 g/mol. The van der Waals surface area contributed by atoms with Gasteiger partial charge < -0.3 is 31.4 Å². The van der Waals surface area contributed by atoms with Gasteiger partial charge in [-0.3, -0.25) is 4.79 Å². The summed E-state index contributed by atoms with van der Waals surface area (Å²) in [5.74, 6) is 0.843. The van der Waals surface area contributed by atoms with Gasteiger partial charge in [-0.1, -0.05) is 12.1 Å². The van der Waals surface area contributed by atoms with Crippen LogP contribution in [0.3, 0.4) is 0 Å². The molecule has 12 nitrogen and oxygen atoms in total. The van der Waals surface area contributed by atoms with Gasteiger partial charge in [0.25, 0.3) is 0 Å². The SMILES string of the molecule is NCCS(=O)(=O)N1CCN(c2ccc(N3CCN(OC(=O)NC4[C@@H]5CC6C[C@H]4CC(C(N)=O)(C6)C5)c4ccccc43)cc2)CC1. The van der Waals surface area contributed by atoms with Crippen molar-refractivity contribution < 1.29 is 22.8 Å². The van der Waals surface area contributed by atoms with Crippen LogP contribution in [0.4, 0.5) is 27.5 Å². The highest BCUT2D eigenvalue weighted by Gasteiger charge is 2.58. The van der Waals surface area contributed by atoms with Gasteiger partial charge in [0.2, 0.25) is 15.9 Å². The number of fused-ring (bicyclic) bond motifs is 1. The van der Waals surface area contributed by atoms with Crippen LogP contribution in [-0.4, -0.2) is 82.3 Å². The van der Waals surface area contributed by atoms with Crippen LogP contribution in [-0.2, 0) is 19.7 Å². The lowest BCUT2D eigenvalue weighted by Crippen LogP contribution is -2.62. The Labute approximate surface area is 264 Å². The molecule has 2 amide bonds. The number of piperazine rings is 1. The minimum atomic E-state index is -3.30. The summed E-state index contributed by atoms with van der Waals surface area (Å²) in [5.41, 5.74) is 14.8. The van der Waals surface area contributed by atoms with Crippen molar-refractivity contribution in [2.24, 2.45) is 34.6 Å². The van der Waals surface area contributed by atoms with Crippen LogP contribution < -0.4 is 31.6 Å². The van der Waals surface area contributed by atoms with E-state index in [1.165, 1.54) is 4.31 Å². The summed E-state index contributed by atoms with van der Waals surface area (Å²) in [6.07, 6.45) is 4.02. The van der Waals surface area contributed by atoms with E-state index in [9.17, 15) is 18.0 Å². The maximum Gasteiger partial charge on any atom is 0.431 e. The fourth-order valence-electron chi connectivity index (χ4n) is 8.87. The Hall–Kier alpha value is -3.55. The van der Waals surface area contributed by atoms with Gasteiger partial charge in [0.05, 0.1) is 23.7 Å². The van der Waals surface area contributed by atoms with Gasteiger partial charge in [0.1, 0.15) is 0 Å². The fraction of sp³-hybridized carbons (Fsp3) is 0.562. The zero-order chi connectivity index (χ0) is 31.3. The number of primary amides is 1. The number of carbonyl (C=O) groups is 2. The number of nitrogens with one attached hydrogen (secondary N) is 1. The highest BCUT2D eigenvalue weighted by atomic mass is 32.2. The Morgan fingerprint density at radius 1 is 0.867 bits per heavy atom. The molecule has 2 aliphatic heterocycles. The van der Waals surface area contributed by atoms with Crippen molar-refractivity contribution in [3.05, 3.63) is 48.5 Å². The van der Waals surface area contributed by atoms with E-state index in [1.54, 1.807) is 5.06 Å². The number of hydroxylamine groups is 1. The van der Waals surface area contributed by atoms with Crippen LogP contribution in [0.5, 0.6) is 0 Å². The van der Waals surface area contributed by atoms with E-state index < -0.39 is 21.5 Å². The van der Waals surface area contributed by atoms with E-state index in [0.29, 0.717) is 45.2 Å². The van der Waals surface area contributed by atoms with Gasteiger partial charge in [0, 0.05) is 62.1 Å². The lowest BCUT2D eigenvalue weighted by molar-refractivity contribution is -0.145. The number of sulfonamides is 1. The summed E-state index contributed by atoms with van der Waals surface area (Å²) in [6, 6.07) is 16.2. The van der Waals surface area contributed by atoms with Gasteiger partial charge in [0.15, 0.2) is 0 Å². The lowest BCUT2D eigenvalue weighted by Gasteiger charge is -2.58. The van der Waals surface area contributed by atoms with Crippen LogP contribution in [0.25, 0.3) is 0 Å². The third kappa shape index (κ3) is 5.59. The second kappa shape index (κ2) is 11.7. The van der Waals surface area contributed by atoms with Gasteiger partial charge in [-0.15, -0.1) is 0 Å². The predicted molar refractivity (Wildman–Crippen MR) is 172 cm³/mol. The number of benzene rings is 2. The molecule has 5 fully saturated rings. The second-order valence-electron chi connectivity index (χ2n) is 13.4. The summed E-state index contributed by atoms with van der Waals surface area (Å²) in [6.45, 7) is 3.39. The summed E-state index contributed by atoms with van der Waals surface area (Å²) in [5, 5.41) is 4.85. The normalized spacial score (nSPS) is 29.4. The van der Waals surface area contributed by atoms with Crippen molar-refractivity contribution in [2.75, 3.05) is 66.4 Å². The zero-order valence-corrected chi connectivity index (χ0v) is 26.3. The average Bonchev–Trinajstić information content (AvgIpc) is 3.03. The molecule has 0 spiro atoms. The molecule has 2 aromatic rings. The molecule has 8 rings (SSSR count). The predicted octanol–water partition coefficient (Wildman–Crippen LogP) is 2.38. The van der Waals surface area contributed by atoms with E-state index in [4.69, 9.17) is 16.3 Å². The van der Waals surface area contributed by atoms with E-state index >= 15 is 0 Å². The van der Waals surface area contributed by atoms with E-state index in [0.717, 1.165) is 54.9 Å². The molecular weight excluding hydrogens is 594 g/mol. The first-order valence-electron chi connectivity index (χ1n) is 16.1. The fourth-order valence-corrected chi connectivity index (χ4v) is 10.1. The van der Waals surface area contributed by atoms with Crippen LogP contribution in [0, 0.1) is 23.2 Å². The Bertz CT molecular complexity index is 1530. The number of rotatable bonds is 8. The summed E-state index contributed by atoms with van der Waals surface area (Å²) in [7, 11) is -3.30. The third-order valence-electron chi connectivity index (χ3n) is 10.8. The number of nitrogens with zero attached hydrogens (tertiary/aromatic N) is 4. The first-order chi connectivity index (χ1) is 21.7. The standard InChI is InChI=1S/C32H43N7O5S/c33-9-16-45(42,43)37-12-10-36(11-13-37)25-5-7-26(8-6-25)38-14-15-39(28-4-2-1-3-27(28)38)44-31(41)35-29-23-17-22-18-24(29)21-32(19-22,20-23)30(34)40/h1-8,22-24,29H,9-21,33H2,(H2,34,40)(H,35,41)/t22?,23-,24+,29?,32?.